The molecule has 0 aliphatic carbocycles. The third-order valence-corrected chi connectivity index (χ3v) is 29.1. The molecule has 137 heavy (non-hydrogen) atoms. The molecule has 4 heterocycles. The van der Waals surface area contributed by atoms with Crippen molar-refractivity contribution in [1.29, 1.82) is 0 Å². The van der Waals surface area contributed by atoms with Gasteiger partial charge in [0.15, 0.2) is 0 Å². The summed E-state index contributed by atoms with van der Waals surface area (Å²) in [5, 5.41) is 0. The van der Waals surface area contributed by atoms with Crippen LogP contribution >= 0.6 is 31.3 Å². The quantitative estimate of drug-likeness (QED) is 0.128. The predicted octanol–water partition coefficient (Wildman–Crippen LogP) is 30.8. The van der Waals surface area contributed by atoms with Gasteiger partial charge in [-0.2, -0.15) is 0 Å². The van der Waals surface area contributed by atoms with Crippen LogP contribution in [0.5, 0.6) is 46.0 Å². The van der Waals surface area contributed by atoms with Crippen LogP contribution in [0.3, 0.4) is 0 Å². The van der Waals surface area contributed by atoms with Crippen LogP contribution < -0.4 is 55.8 Å². The van der Waals surface area contributed by atoms with Crippen LogP contribution in [0.2, 0.25) is 0 Å². The summed E-state index contributed by atoms with van der Waals surface area (Å²) in [5.74, 6) is 3.24. The maximum Gasteiger partial charge on any atom is 4.00 e. The maximum absolute atomic E-state index is 13.3. The zero-order valence-corrected chi connectivity index (χ0v) is 101. The van der Waals surface area contributed by atoms with E-state index in [0.717, 1.165) is 134 Å². The summed E-state index contributed by atoms with van der Waals surface area (Å²) in [5.41, 5.74) is 20.1. The van der Waals surface area contributed by atoms with E-state index in [9.17, 15) is 37.8 Å². The van der Waals surface area contributed by atoms with Gasteiger partial charge in [-0.15, -0.1) is 0 Å². The van der Waals surface area contributed by atoms with E-state index in [4.69, 9.17) is 36.2 Å². The van der Waals surface area contributed by atoms with E-state index in [2.05, 4.69) is 429 Å². The van der Waals surface area contributed by atoms with E-state index >= 15 is 0 Å². The zero-order chi connectivity index (χ0) is 104. The first kappa shape index (κ1) is 116. The minimum atomic E-state index is -4.68. The molecule has 0 fully saturated rings. The van der Waals surface area contributed by atoms with Crippen molar-refractivity contribution in [1.82, 2.24) is 0 Å². The smallest absolute Gasteiger partial charge is 0.736 e. The van der Waals surface area contributed by atoms with E-state index < -0.39 is 31.3 Å². The van der Waals surface area contributed by atoms with Crippen LogP contribution in [0, 0.1) is 39.9 Å². The average Bonchev–Trinajstić information content (AvgIpc) is 0.752. The standard InChI is InChI=1S/4C29H43O4P.Th/c4*1-26(2,3)20-14-18-13-19-15-21(27(4,5)6)17-23(29(10,11)12)25(19)33-34(30,31)32-24(18)22(16-20)28(7,8)9;/h4*14-17H,13H2,1-12H3,(H,30,31);/q;;;;+4/p-4. The Kier molecular flexibility index (Phi) is 32.6. The first-order valence-electron chi connectivity index (χ1n) is 48.6. The van der Waals surface area contributed by atoms with Gasteiger partial charge in [0.1, 0.15) is 46.0 Å². The Bertz CT molecular complexity index is 4990. The van der Waals surface area contributed by atoms with Crippen molar-refractivity contribution in [3.8, 4) is 46.0 Å². The van der Waals surface area contributed by atoms with Crippen LogP contribution in [0.15, 0.2) is 97.1 Å². The number of hydrogen-bond donors (Lipinski definition) is 0. The second-order valence-corrected chi connectivity index (χ2v) is 60.4. The zero-order valence-electron chi connectivity index (χ0n) is 92.9. The predicted molar refractivity (Wildman–Crippen MR) is 557 cm³/mol. The van der Waals surface area contributed by atoms with Gasteiger partial charge in [-0.1, -0.05) is 429 Å². The summed E-state index contributed by atoms with van der Waals surface area (Å²) in [6.45, 7) is 102. The molecule has 0 aromatic heterocycles. The van der Waals surface area contributed by atoms with Crippen molar-refractivity contribution >= 4 is 31.3 Å². The van der Waals surface area contributed by atoms with Gasteiger partial charge in [0, 0.05) is 70.2 Å². The Morgan fingerprint density at radius 1 is 0.161 bits per heavy atom. The molecule has 4 aliphatic heterocycles. The Morgan fingerprint density at radius 2 is 0.241 bits per heavy atom. The summed E-state index contributed by atoms with van der Waals surface area (Å²) >= 11 is 0. The first-order valence-corrected chi connectivity index (χ1v) is 54.5. The van der Waals surface area contributed by atoms with Crippen molar-refractivity contribution in [2.75, 3.05) is 0 Å². The van der Waals surface area contributed by atoms with E-state index in [-0.39, 0.29) is 127 Å². The molecule has 0 spiro atoms. The second-order valence-electron chi connectivity index (χ2n) is 55.3. The number of phosphoric ester groups is 4. The third kappa shape index (κ3) is 28.5. The summed E-state index contributed by atoms with van der Waals surface area (Å²) in [6, 6.07) is 33.6. The maximum atomic E-state index is 13.3. The van der Waals surface area contributed by atoms with Gasteiger partial charge in [0.25, 0.3) is 0 Å². The van der Waals surface area contributed by atoms with Crippen LogP contribution in [0.4, 0.5) is 0 Å². The molecule has 0 saturated carbocycles. The molecule has 0 radical (unpaired) electrons. The fraction of sp³-hybridized carbons (Fsp3) is 0.586. The molecule has 16 nitrogen and oxygen atoms in total. The van der Waals surface area contributed by atoms with Crippen molar-refractivity contribution < 1.29 is 114 Å². The topological polar surface area (TPSA) is 234 Å². The van der Waals surface area contributed by atoms with Crippen molar-refractivity contribution in [3.05, 3.63) is 231 Å². The van der Waals surface area contributed by atoms with Gasteiger partial charge < -0.3 is 55.8 Å². The largest absolute Gasteiger partial charge is 4.00 e. The SMILES string of the molecule is CC(C)(C)c1cc2c(c(C(C)(C)C)c1)OP(=O)([O-])Oc1c(cc(C(C)(C)C)cc1C(C)(C)C)C2.CC(C)(C)c1cc2c(c(C(C)(C)C)c1)OP(=O)([O-])Oc1c(cc(C(C)(C)C)cc1C(C)(C)C)C2.CC(C)(C)c1cc2c(c(C(C)(C)C)c1)OP(=O)([O-])Oc1c(cc(C(C)(C)C)cc1C(C)(C)C)C2.CC(C)(C)c1cc2c(c(C(C)(C)C)c1)OP(=O)([O-])Oc1c(cc(C(C)(C)C)cc1C(C)(C)C)C2.[Th+4]. The van der Waals surface area contributed by atoms with E-state index in [1.807, 2.05) is 0 Å². The molecule has 0 amide bonds. The Morgan fingerprint density at radius 3 is 0.307 bits per heavy atom. The van der Waals surface area contributed by atoms with E-state index in [0.29, 0.717) is 71.7 Å². The van der Waals surface area contributed by atoms with Gasteiger partial charge in [-0.25, -0.2) is 18.3 Å². The second kappa shape index (κ2) is 38.3. The first-order chi connectivity index (χ1) is 60.4. The molecular formula is C116H168O16P4Th. The number of fused-ring (bicyclic) bond motifs is 8. The van der Waals surface area contributed by atoms with Gasteiger partial charge in [-0.05, 0) is 176 Å². The number of hydrogen-bond acceptors (Lipinski definition) is 16. The molecule has 0 unspecified atom stereocenters. The van der Waals surface area contributed by atoms with Gasteiger partial charge in [-0.3, -0.25) is 0 Å². The van der Waals surface area contributed by atoms with Crippen molar-refractivity contribution in [2.45, 2.75) is 445 Å². The summed E-state index contributed by atoms with van der Waals surface area (Å²) in [4.78, 5) is 53.0. The minimum absolute atomic E-state index is 0. The van der Waals surface area contributed by atoms with Crippen molar-refractivity contribution in [2.24, 2.45) is 0 Å². The summed E-state index contributed by atoms with van der Waals surface area (Å²) < 4.78 is 99.0. The molecular weight excluding hydrogens is 2010 g/mol. The Balaban J connectivity index is 0.000000224. The number of phosphoric acid groups is 4. The minimum Gasteiger partial charge on any atom is -0.736 e. The number of benzene rings is 8. The number of rotatable bonds is 0. The molecule has 0 bridgehead atoms. The fourth-order valence-electron chi connectivity index (χ4n) is 17.1. The van der Waals surface area contributed by atoms with Crippen molar-refractivity contribution in [3.63, 3.8) is 0 Å². The molecule has 8 aromatic rings. The molecule has 12 rings (SSSR count). The monoisotopic (exact) mass is 2170 g/mol. The summed E-state index contributed by atoms with van der Waals surface area (Å²) in [6.07, 6.45) is 2.13. The van der Waals surface area contributed by atoms with Gasteiger partial charge in [0.2, 0.25) is 0 Å². The molecule has 21 heteroatoms. The molecule has 0 atom stereocenters. The molecule has 0 N–H and O–H groups in total. The molecule has 0 saturated heterocycles. The molecule has 752 valence electrons. The van der Waals surface area contributed by atoms with Gasteiger partial charge >= 0.3 is 71.2 Å². The molecule has 8 aromatic carbocycles. The van der Waals surface area contributed by atoms with Crippen LogP contribution in [0.25, 0.3) is 0 Å². The van der Waals surface area contributed by atoms with Crippen LogP contribution in [-0.2, 0) is 131 Å². The van der Waals surface area contributed by atoms with E-state index in [1.54, 1.807) is 0 Å². The Hall–Kier alpha value is -5.76. The van der Waals surface area contributed by atoms with Crippen LogP contribution in [-0.4, -0.2) is 0 Å². The van der Waals surface area contributed by atoms with Gasteiger partial charge in [0.05, 0.1) is 0 Å². The van der Waals surface area contributed by atoms with E-state index in [1.165, 1.54) is 0 Å². The summed E-state index contributed by atoms with van der Waals surface area (Å²) in [7, 11) is -18.7. The fourth-order valence-corrected chi connectivity index (χ4v) is 20.8. The average molecular weight is 2170 g/mol. The van der Waals surface area contributed by atoms with Crippen LogP contribution in [0.1, 0.15) is 466 Å². The molecule has 4 aliphatic rings. The Labute approximate surface area is 859 Å². The third-order valence-electron chi connectivity index (χ3n) is 25.9. The normalized spacial score (nSPS) is 16.4.